The number of hydrogen-bond acceptors (Lipinski definition) is 5. The van der Waals surface area contributed by atoms with Crippen LogP contribution in [0.4, 0.5) is 10.8 Å². The third kappa shape index (κ3) is 3.37. The maximum absolute atomic E-state index is 9.34. The minimum atomic E-state index is 0.504. The minimum Gasteiger partial charge on any atom is -0.330 e. The smallest absolute Gasteiger partial charge is 0.210 e. The summed E-state index contributed by atoms with van der Waals surface area (Å²) in [4.78, 5) is 0. The zero-order valence-electron chi connectivity index (χ0n) is 11.6. The summed E-state index contributed by atoms with van der Waals surface area (Å²) < 4.78 is 0. The largest absolute Gasteiger partial charge is 0.330 e. The second kappa shape index (κ2) is 6.66. The topological polar surface area (TPSA) is 61.6 Å². The van der Waals surface area contributed by atoms with Crippen LogP contribution in [0.3, 0.4) is 0 Å². The van der Waals surface area contributed by atoms with Crippen molar-refractivity contribution < 1.29 is 0 Å². The van der Waals surface area contributed by atoms with Gasteiger partial charge in [-0.2, -0.15) is 5.26 Å². The molecule has 1 heterocycles. The number of para-hydroxylation sites is 1. The van der Waals surface area contributed by atoms with Crippen LogP contribution in [-0.4, -0.2) is 10.2 Å². The molecule has 0 unspecified atom stereocenters. The van der Waals surface area contributed by atoms with E-state index >= 15 is 0 Å². The Morgan fingerprint density at radius 1 is 1.00 bits per heavy atom. The van der Waals surface area contributed by atoms with Gasteiger partial charge in [-0.05, 0) is 23.8 Å². The van der Waals surface area contributed by atoms with Gasteiger partial charge in [-0.1, -0.05) is 59.9 Å². The van der Waals surface area contributed by atoms with Crippen LogP contribution >= 0.6 is 11.3 Å². The standard InChI is InChI=1S/C17H12N4S/c18-12-14(11-13-7-3-1-4-8-13)16-20-21-17(22-16)19-15-9-5-2-6-10-15/h1-11H,(H,19,21)/b14-11+. The lowest BCUT2D eigenvalue weighted by Crippen LogP contribution is -1.87. The van der Waals surface area contributed by atoms with Gasteiger partial charge in [-0.3, -0.25) is 0 Å². The highest BCUT2D eigenvalue weighted by Crippen LogP contribution is 2.26. The molecular weight excluding hydrogens is 292 g/mol. The summed E-state index contributed by atoms with van der Waals surface area (Å²) in [5.74, 6) is 0. The molecule has 3 aromatic rings. The number of nitriles is 1. The van der Waals surface area contributed by atoms with E-state index < -0.39 is 0 Å². The zero-order chi connectivity index (χ0) is 15.2. The van der Waals surface area contributed by atoms with E-state index in [4.69, 9.17) is 0 Å². The van der Waals surface area contributed by atoms with E-state index in [0.717, 1.165) is 11.3 Å². The number of aromatic nitrogens is 2. The van der Waals surface area contributed by atoms with E-state index in [1.165, 1.54) is 11.3 Å². The Balaban J connectivity index is 1.83. The summed E-state index contributed by atoms with van der Waals surface area (Å²) in [6.07, 6.45) is 1.81. The molecule has 0 amide bonds. The first kappa shape index (κ1) is 14.0. The summed E-state index contributed by atoms with van der Waals surface area (Å²) in [7, 11) is 0. The van der Waals surface area contributed by atoms with Gasteiger partial charge in [0.1, 0.15) is 6.07 Å². The van der Waals surface area contributed by atoms with Crippen LogP contribution in [0, 0.1) is 11.3 Å². The van der Waals surface area contributed by atoms with Gasteiger partial charge in [0.25, 0.3) is 0 Å². The van der Waals surface area contributed by atoms with Gasteiger partial charge in [0.15, 0.2) is 5.01 Å². The molecule has 0 aliphatic heterocycles. The summed E-state index contributed by atoms with van der Waals surface area (Å²) in [6, 6.07) is 21.6. The van der Waals surface area contributed by atoms with Gasteiger partial charge in [0.05, 0.1) is 5.57 Å². The van der Waals surface area contributed by atoms with E-state index in [-0.39, 0.29) is 0 Å². The third-order valence-corrected chi connectivity index (χ3v) is 3.78. The SMILES string of the molecule is N#C/C(=C\c1ccccc1)c1nnc(Nc2ccccc2)s1. The molecule has 0 atom stereocenters. The Kier molecular flexibility index (Phi) is 4.23. The normalized spacial score (nSPS) is 11.0. The Morgan fingerprint density at radius 3 is 2.36 bits per heavy atom. The molecule has 0 aliphatic carbocycles. The molecule has 0 saturated carbocycles. The summed E-state index contributed by atoms with van der Waals surface area (Å²) in [5.41, 5.74) is 2.41. The highest BCUT2D eigenvalue weighted by molar-refractivity contribution is 7.16. The van der Waals surface area contributed by atoms with Crippen molar-refractivity contribution in [2.24, 2.45) is 0 Å². The van der Waals surface area contributed by atoms with Crippen LogP contribution in [-0.2, 0) is 0 Å². The van der Waals surface area contributed by atoms with Crippen molar-refractivity contribution >= 4 is 33.8 Å². The lowest BCUT2D eigenvalue weighted by molar-refractivity contribution is 1.08. The third-order valence-electron chi connectivity index (χ3n) is 2.91. The van der Waals surface area contributed by atoms with Crippen LogP contribution in [0.25, 0.3) is 11.6 Å². The van der Waals surface area contributed by atoms with Gasteiger partial charge >= 0.3 is 0 Å². The quantitative estimate of drug-likeness (QED) is 0.728. The molecule has 22 heavy (non-hydrogen) atoms. The first-order chi connectivity index (χ1) is 10.8. The Bertz CT molecular complexity index is 817. The van der Waals surface area contributed by atoms with Crippen molar-refractivity contribution in [1.29, 1.82) is 5.26 Å². The van der Waals surface area contributed by atoms with E-state index in [2.05, 4.69) is 21.6 Å². The molecule has 0 radical (unpaired) electrons. The van der Waals surface area contributed by atoms with E-state index in [9.17, 15) is 5.26 Å². The van der Waals surface area contributed by atoms with Crippen LogP contribution in [0.2, 0.25) is 0 Å². The van der Waals surface area contributed by atoms with Crippen LogP contribution in [0.1, 0.15) is 10.6 Å². The fourth-order valence-electron chi connectivity index (χ4n) is 1.89. The predicted octanol–water partition coefficient (Wildman–Crippen LogP) is 4.35. The first-order valence-corrected chi connectivity index (χ1v) is 7.49. The number of allylic oxidation sites excluding steroid dienone is 1. The molecule has 2 aromatic carbocycles. The number of benzene rings is 2. The maximum atomic E-state index is 9.34. The summed E-state index contributed by atoms with van der Waals surface area (Å²) >= 11 is 1.36. The van der Waals surface area contributed by atoms with Crippen molar-refractivity contribution in [3.8, 4) is 6.07 Å². The maximum Gasteiger partial charge on any atom is 0.210 e. The monoisotopic (exact) mass is 304 g/mol. The number of nitrogens with zero attached hydrogens (tertiary/aromatic N) is 3. The molecule has 0 saturated heterocycles. The first-order valence-electron chi connectivity index (χ1n) is 6.68. The van der Waals surface area contributed by atoms with Crippen molar-refractivity contribution in [3.63, 3.8) is 0 Å². The Labute approximate surface area is 132 Å². The average Bonchev–Trinajstić information content (AvgIpc) is 3.03. The molecule has 0 bridgehead atoms. The van der Waals surface area contributed by atoms with Crippen LogP contribution < -0.4 is 5.32 Å². The lowest BCUT2D eigenvalue weighted by atomic mass is 10.1. The number of anilines is 2. The van der Waals surface area contributed by atoms with Gasteiger partial charge in [-0.25, -0.2) is 0 Å². The minimum absolute atomic E-state index is 0.504. The Morgan fingerprint density at radius 2 is 1.68 bits per heavy atom. The fraction of sp³-hybridized carbons (Fsp3) is 0. The van der Waals surface area contributed by atoms with Crippen molar-refractivity contribution in [3.05, 3.63) is 71.2 Å². The van der Waals surface area contributed by atoms with Crippen molar-refractivity contribution in [2.45, 2.75) is 0 Å². The molecule has 1 N–H and O–H groups in total. The molecule has 3 rings (SSSR count). The molecular formula is C17H12N4S. The number of nitrogens with one attached hydrogen (secondary N) is 1. The Hall–Kier alpha value is -2.97. The van der Waals surface area contributed by atoms with Gasteiger partial charge in [0, 0.05) is 5.69 Å². The molecule has 0 fully saturated rings. The van der Waals surface area contributed by atoms with Crippen LogP contribution in [0.15, 0.2) is 60.7 Å². The summed E-state index contributed by atoms with van der Waals surface area (Å²) in [5, 5.41) is 22.0. The number of rotatable bonds is 4. The highest BCUT2D eigenvalue weighted by Gasteiger charge is 2.09. The second-order valence-electron chi connectivity index (χ2n) is 4.48. The molecule has 0 spiro atoms. The van der Waals surface area contributed by atoms with Gasteiger partial charge in [-0.15, -0.1) is 10.2 Å². The van der Waals surface area contributed by atoms with E-state index in [0.29, 0.717) is 15.7 Å². The lowest BCUT2D eigenvalue weighted by Gasteiger charge is -1.99. The second-order valence-corrected chi connectivity index (χ2v) is 5.46. The van der Waals surface area contributed by atoms with Crippen molar-refractivity contribution in [1.82, 2.24) is 10.2 Å². The highest BCUT2D eigenvalue weighted by atomic mass is 32.1. The van der Waals surface area contributed by atoms with Gasteiger partial charge in [0.2, 0.25) is 5.13 Å². The van der Waals surface area contributed by atoms with E-state index in [1.54, 1.807) is 0 Å². The van der Waals surface area contributed by atoms with Gasteiger partial charge < -0.3 is 5.32 Å². The average molecular weight is 304 g/mol. The fourth-order valence-corrected chi connectivity index (χ4v) is 2.62. The van der Waals surface area contributed by atoms with Crippen LogP contribution in [0.5, 0.6) is 0 Å². The molecule has 106 valence electrons. The molecule has 0 aliphatic rings. The summed E-state index contributed by atoms with van der Waals surface area (Å²) in [6.45, 7) is 0. The van der Waals surface area contributed by atoms with E-state index in [1.807, 2.05) is 66.7 Å². The predicted molar refractivity (Wildman–Crippen MR) is 89.6 cm³/mol. The zero-order valence-corrected chi connectivity index (χ0v) is 12.4. The molecule has 1 aromatic heterocycles. The number of hydrogen-bond donors (Lipinski definition) is 1. The van der Waals surface area contributed by atoms with Crippen molar-refractivity contribution in [2.75, 3.05) is 5.32 Å². The molecule has 4 nitrogen and oxygen atoms in total. The molecule has 5 heteroatoms.